The van der Waals surface area contributed by atoms with Crippen molar-refractivity contribution in [1.82, 2.24) is 10.2 Å². The third-order valence-electron chi connectivity index (χ3n) is 4.61. The number of nitrogens with zero attached hydrogens (tertiary/aromatic N) is 1. The Hall–Kier alpha value is -0.620. The summed E-state index contributed by atoms with van der Waals surface area (Å²) in [5.41, 5.74) is 0.724. The van der Waals surface area contributed by atoms with E-state index in [0.717, 1.165) is 44.0 Å². The number of hydrogen-bond acceptors (Lipinski definition) is 3. The maximum absolute atomic E-state index is 12.5. The highest BCUT2D eigenvalue weighted by Crippen LogP contribution is 2.29. The van der Waals surface area contributed by atoms with Gasteiger partial charge in [-0.1, -0.05) is 11.6 Å². The summed E-state index contributed by atoms with van der Waals surface area (Å²) in [6, 6.07) is 5.41. The number of hydrogen-bond donors (Lipinski definition) is 1. The smallest absolute Gasteiger partial charge is 0.387 e. The molecule has 1 heterocycles. The first-order valence-corrected chi connectivity index (χ1v) is 8.67. The molecular weight excluding hydrogens is 357 g/mol. The zero-order valence-corrected chi connectivity index (χ0v) is 15.1. The molecule has 1 N–H and O–H groups in total. The standard InChI is InChI=1S/C17H23ClF2N2O.ClH/c18-14-3-4-16(23-17(19)20)13(9-14)11-22-7-5-15(6-8-22)21-10-12-1-2-12;/h3-4,9,12,15,17,21H,1-2,5-8,10-11H2;1H. The maximum atomic E-state index is 12.5. The van der Waals surface area contributed by atoms with Gasteiger partial charge in [-0.05, 0) is 69.4 Å². The van der Waals surface area contributed by atoms with Crippen LogP contribution in [0.2, 0.25) is 5.02 Å². The Labute approximate surface area is 153 Å². The van der Waals surface area contributed by atoms with Gasteiger partial charge in [0.2, 0.25) is 0 Å². The van der Waals surface area contributed by atoms with Crippen LogP contribution in [0.4, 0.5) is 8.78 Å². The van der Waals surface area contributed by atoms with Crippen LogP contribution >= 0.6 is 24.0 Å². The summed E-state index contributed by atoms with van der Waals surface area (Å²) in [6.07, 6.45) is 4.93. The largest absolute Gasteiger partial charge is 0.434 e. The van der Waals surface area contributed by atoms with Crippen LogP contribution in [-0.2, 0) is 6.54 Å². The molecule has 0 unspecified atom stereocenters. The monoisotopic (exact) mass is 380 g/mol. The lowest BCUT2D eigenvalue weighted by molar-refractivity contribution is -0.0508. The molecule has 3 rings (SSSR count). The Morgan fingerprint density at radius 2 is 1.92 bits per heavy atom. The zero-order chi connectivity index (χ0) is 16.2. The average Bonchev–Trinajstić information content (AvgIpc) is 3.33. The molecule has 1 saturated carbocycles. The summed E-state index contributed by atoms with van der Waals surface area (Å²) in [6.45, 7) is 0.849. The number of ether oxygens (including phenoxy) is 1. The third kappa shape index (κ3) is 6.03. The van der Waals surface area contributed by atoms with Gasteiger partial charge < -0.3 is 10.1 Å². The van der Waals surface area contributed by atoms with Crippen molar-refractivity contribution in [3.8, 4) is 5.75 Å². The number of benzene rings is 1. The van der Waals surface area contributed by atoms with Crippen molar-refractivity contribution in [2.45, 2.75) is 44.9 Å². The molecule has 3 nitrogen and oxygen atoms in total. The Kier molecular flexibility index (Phi) is 7.54. The second kappa shape index (κ2) is 9.18. The van der Waals surface area contributed by atoms with Crippen molar-refractivity contribution < 1.29 is 13.5 Å². The number of halogens is 4. The van der Waals surface area contributed by atoms with E-state index in [2.05, 4.69) is 15.0 Å². The number of rotatable bonds is 7. The van der Waals surface area contributed by atoms with Crippen LogP contribution in [-0.4, -0.2) is 37.2 Å². The Balaban J connectivity index is 0.00000208. The molecular formula is C17H24Cl2F2N2O. The molecule has 1 aliphatic carbocycles. The summed E-state index contributed by atoms with van der Waals surface area (Å²) in [5, 5.41) is 4.19. The second-order valence-corrected chi connectivity index (χ2v) is 6.97. The third-order valence-corrected chi connectivity index (χ3v) is 4.85. The van der Waals surface area contributed by atoms with Crippen LogP contribution < -0.4 is 10.1 Å². The summed E-state index contributed by atoms with van der Waals surface area (Å²) < 4.78 is 29.6. The molecule has 1 saturated heterocycles. The van der Waals surface area contributed by atoms with Gasteiger partial charge in [-0.15, -0.1) is 12.4 Å². The van der Waals surface area contributed by atoms with Crippen LogP contribution in [0.1, 0.15) is 31.2 Å². The van der Waals surface area contributed by atoms with Gasteiger partial charge in [-0.25, -0.2) is 0 Å². The Morgan fingerprint density at radius 1 is 1.21 bits per heavy atom. The van der Waals surface area contributed by atoms with Crippen LogP contribution in [0, 0.1) is 5.92 Å². The van der Waals surface area contributed by atoms with E-state index in [9.17, 15) is 8.78 Å². The molecule has 0 bridgehead atoms. The molecule has 136 valence electrons. The van der Waals surface area contributed by atoms with Gasteiger partial charge in [0, 0.05) is 23.2 Å². The Morgan fingerprint density at radius 3 is 2.54 bits per heavy atom. The highest BCUT2D eigenvalue weighted by molar-refractivity contribution is 6.30. The second-order valence-electron chi connectivity index (χ2n) is 6.53. The fourth-order valence-corrected chi connectivity index (χ4v) is 3.27. The van der Waals surface area contributed by atoms with E-state index in [-0.39, 0.29) is 18.2 Å². The molecule has 1 aliphatic heterocycles. The van der Waals surface area contributed by atoms with Gasteiger partial charge in [-0.2, -0.15) is 8.78 Å². The Bertz CT molecular complexity index is 521. The van der Waals surface area contributed by atoms with Gasteiger partial charge in [0.1, 0.15) is 5.75 Å². The van der Waals surface area contributed by atoms with E-state index in [1.54, 1.807) is 12.1 Å². The minimum atomic E-state index is -2.81. The lowest BCUT2D eigenvalue weighted by atomic mass is 10.0. The number of piperidine rings is 1. The molecule has 0 radical (unpaired) electrons. The van der Waals surface area contributed by atoms with Crippen LogP contribution in [0.3, 0.4) is 0 Å². The van der Waals surface area contributed by atoms with Crippen LogP contribution in [0.5, 0.6) is 5.75 Å². The van der Waals surface area contributed by atoms with Crippen LogP contribution in [0.15, 0.2) is 18.2 Å². The highest BCUT2D eigenvalue weighted by atomic mass is 35.5. The van der Waals surface area contributed by atoms with E-state index in [1.807, 2.05) is 0 Å². The minimum Gasteiger partial charge on any atom is -0.434 e. The van der Waals surface area contributed by atoms with Crippen molar-refractivity contribution in [1.29, 1.82) is 0 Å². The SMILES string of the molecule is Cl.FC(F)Oc1ccc(Cl)cc1CN1CCC(NCC2CC2)CC1. The van der Waals surface area contributed by atoms with E-state index in [1.165, 1.54) is 18.9 Å². The predicted molar refractivity (Wildman–Crippen MR) is 94.4 cm³/mol. The van der Waals surface area contributed by atoms with Gasteiger partial charge >= 0.3 is 6.61 Å². The van der Waals surface area contributed by atoms with Crippen molar-refractivity contribution >= 4 is 24.0 Å². The minimum absolute atomic E-state index is 0. The number of likely N-dealkylation sites (tertiary alicyclic amines) is 1. The molecule has 1 aromatic rings. The van der Waals surface area contributed by atoms with Gasteiger partial charge in [0.05, 0.1) is 0 Å². The fourth-order valence-electron chi connectivity index (χ4n) is 3.07. The molecule has 0 amide bonds. The first kappa shape index (κ1) is 19.7. The molecule has 0 aromatic heterocycles. The van der Waals surface area contributed by atoms with Gasteiger partial charge in [0.25, 0.3) is 0 Å². The van der Waals surface area contributed by atoms with Crippen molar-refractivity contribution in [2.75, 3.05) is 19.6 Å². The first-order chi connectivity index (χ1) is 11.1. The quantitative estimate of drug-likeness (QED) is 0.761. The highest BCUT2D eigenvalue weighted by Gasteiger charge is 2.24. The lowest BCUT2D eigenvalue weighted by Gasteiger charge is -2.32. The number of nitrogens with one attached hydrogen (secondary N) is 1. The normalized spacial score (nSPS) is 19.3. The van der Waals surface area contributed by atoms with E-state index in [4.69, 9.17) is 11.6 Å². The fraction of sp³-hybridized carbons (Fsp3) is 0.647. The molecule has 1 aromatic carbocycles. The van der Waals surface area contributed by atoms with Gasteiger partial charge in [-0.3, -0.25) is 4.90 Å². The molecule has 7 heteroatoms. The van der Waals surface area contributed by atoms with Gasteiger partial charge in [0.15, 0.2) is 0 Å². The average molecular weight is 381 g/mol. The molecule has 24 heavy (non-hydrogen) atoms. The maximum Gasteiger partial charge on any atom is 0.387 e. The summed E-state index contributed by atoms with van der Waals surface area (Å²) >= 11 is 6.00. The molecule has 2 fully saturated rings. The summed E-state index contributed by atoms with van der Waals surface area (Å²) in [7, 11) is 0. The van der Waals surface area contributed by atoms with E-state index < -0.39 is 6.61 Å². The summed E-state index contributed by atoms with van der Waals surface area (Å²) in [5.74, 6) is 1.12. The van der Waals surface area contributed by atoms with Crippen molar-refractivity contribution in [3.63, 3.8) is 0 Å². The van der Waals surface area contributed by atoms with Crippen LogP contribution in [0.25, 0.3) is 0 Å². The van der Waals surface area contributed by atoms with E-state index in [0.29, 0.717) is 17.6 Å². The molecule has 2 aliphatic rings. The first-order valence-electron chi connectivity index (χ1n) is 8.29. The molecule has 0 atom stereocenters. The van der Waals surface area contributed by atoms with Crippen molar-refractivity contribution in [2.24, 2.45) is 5.92 Å². The predicted octanol–water partition coefficient (Wildman–Crippen LogP) is 4.33. The molecule has 0 spiro atoms. The summed E-state index contributed by atoms with van der Waals surface area (Å²) in [4.78, 5) is 2.28. The zero-order valence-electron chi connectivity index (χ0n) is 13.5. The lowest BCUT2D eigenvalue weighted by Crippen LogP contribution is -2.42. The topological polar surface area (TPSA) is 24.5 Å². The van der Waals surface area contributed by atoms with E-state index >= 15 is 0 Å². The van der Waals surface area contributed by atoms with Crippen molar-refractivity contribution in [3.05, 3.63) is 28.8 Å². The number of alkyl halides is 2.